The van der Waals surface area contributed by atoms with E-state index in [-0.39, 0.29) is 30.1 Å². The fraction of sp³-hybridized carbons (Fsp3) is 0.333. The van der Waals surface area contributed by atoms with Gasteiger partial charge in [0.2, 0.25) is 5.88 Å². The Labute approximate surface area is 253 Å². The van der Waals surface area contributed by atoms with Crippen LogP contribution in [0.25, 0.3) is 17.1 Å². The molecule has 0 aliphatic carbocycles. The highest BCUT2D eigenvalue weighted by atomic mass is 19.1. The van der Waals surface area contributed by atoms with Gasteiger partial charge in [-0.15, -0.1) is 0 Å². The molecule has 0 unspecified atom stereocenters. The van der Waals surface area contributed by atoms with Gasteiger partial charge < -0.3 is 23.9 Å². The first-order valence-electron chi connectivity index (χ1n) is 14.6. The quantitative estimate of drug-likeness (QED) is 0.239. The highest BCUT2D eigenvalue weighted by Gasteiger charge is 2.25. The average molecular weight is 598 g/mol. The minimum Gasteiger partial charge on any atom is -0.484 e. The van der Waals surface area contributed by atoms with Crippen molar-refractivity contribution in [2.45, 2.75) is 51.2 Å². The molecule has 0 spiro atoms. The third-order valence-corrected chi connectivity index (χ3v) is 7.85. The lowest BCUT2D eigenvalue weighted by atomic mass is 10.1. The molecule has 226 valence electrons. The SMILES string of the molecule is N#Cc1ccc(OCc2cccc(OC3CCN(Cc4nc5ccc(/C=C/C(=O)O)cc5n4C[C@@H]4CCO4)CC3)n2)c(F)c1. The van der Waals surface area contributed by atoms with Crippen LogP contribution in [0.1, 0.15) is 41.9 Å². The van der Waals surface area contributed by atoms with Gasteiger partial charge in [0, 0.05) is 31.8 Å². The lowest BCUT2D eigenvalue weighted by molar-refractivity contribution is -0.131. The summed E-state index contributed by atoms with van der Waals surface area (Å²) in [4.78, 5) is 22.8. The van der Waals surface area contributed by atoms with Crippen LogP contribution in [0.3, 0.4) is 0 Å². The van der Waals surface area contributed by atoms with E-state index in [0.717, 1.165) is 73.5 Å². The van der Waals surface area contributed by atoms with Gasteiger partial charge in [0.15, 0.2) is 11.6 Å². The van der Waals surface area contributed by atoms with Crippen molar-refractivity contribution in [2.75, 3.05) is 19.7 Å². The van der Waals surface area contributed by atoms with Crippen LogP contribution in [0.15, 0.2) is 60.7 Å². The molecular weight excluding hydrogens is 565 g/mol. The molecule has 0 saturated carbocycles. The summed E-state index contributed by atoms with van der Waals surface area (Å²) in [5, 5.41) is 17.9. The summed E-state index contributed by atoms with van der Waals surface area (Å²) in [6, 6.07) is 17.2. The van der Waals surface area contributed by atoms with Gasteiger partial charge in [0.1, 0.15) is 18.5 Å². The number of rotatable bonds is 11. The number of fused-ring (bicyclic) bond motifs is 1. The number of nitrogens with zero attached hydrogens (tertiary/aromatic N) is 5. The molecule has 0 bridgehead atoms. The van der Waals surface area contributed by atoms with E-state index in [9.17, 15) is 9.18 Å². The summed E-state index contributed by atoms with van der Waals surface area (Å²) in [5.74, 6) is -0.0490. The first-order chi connectivity index (χ1) is 21.4. The van der Waals surface area contributed by atoms with Crippen LogP contribution < -0.4 is 9.47 Å². The maximum Gasteiger partial charge on any atom is 0.328 e. The number of hydrogen-bond donors (Lipinski definition) is 1. The van der Waals surface area contributed by atoms with Crippen molar-refractivity contribution in [3.63, 3.8) is 0 Å². The number of pyridine rings is 1. The molecule has 2 aliphatic heterocycles. The molecule has 2 saturated heterocycles. The molecular formula is C33H32FN5O5. The number of hydrogen-bond acceptors (Lipinski definition) is 8. The van der Waals surface area contributed by atoms with Gasteiger partial charge in [0.05, 0.1) is 47.6 Å². The third kappa shape index (κ3) is 7.05. The average Bonchev–Trinajstić information content (AvgIpc) is 3.34. The predicted molar refractivity (Wildman–Crippen MR) is 159 cm³/mol. The molecule has 0 radical (unpaired) electrons. The molecule has 4 aromatic rings. The number of nitriles is 1. The minimum absolute atomic E-state index is 0.0108. The van der Waals surface area contributed by atoms with E-state index in [1.54, 1.807) is 12.1 Å². The molecule has 2 fully saturated rings. The van der Waals surface area contributed by atoms with Crippen molar-refractivity contribution in [1.29, 1.82) is 5.26 Å². The number of piperidine rings is 1. The van der Waals surface area contributed by atoms with Crippen LogP contribution in [0.2, 0.25) is 0 Å². The Kier molecular flexibility index (Phi) is 8.81. The van der Waals surface area contributed by atoms with Crippen molar-refractivity contribution in [2.24, 2.45) is 0 Å². The normalized spacial score (nSPS) is 17.4. The van der Waals surface area contributed by atoms with E-state index in [4.69, 9.17) is 29.6 Å². The number of benzene rings is 2. The fourth-order valence-electron chi connectivity index (χ4n) is 5.42. The lowest BCUT2D eigenvalue weighted by Crippen LogP contribution is -2.39. The van der Waals surface area contributed by atoms with Gasteiger partial charge >= 0.3 is 5.97 Å². The molecule has 2 aliphatic rings. The number of carbonyl (C=O) groups is 1. The van der Waals surface area contributed by atoms with E-state index >= 15 is 0 Å². The summed E-state index contributed by atoms with van der Waals surface area (Å²) in [6.07, 6.45) is 5.56. The molecule has 2 aromatic carbocycles. The van der Waals surface area contributed by atoms with Gasteiger partial charge in [-0.2, -0.15) is 5.26 Å². The summed E-state index contributed by atoms with van der Waals surface area (Å²) in [5.41, 5.74) is 3.50. The number of halogens is 1. The number of likely N-dealkylation sites (tertiary alicyclic amines) is 1. The second-order valence-corrected chi connectivity index (χ2v) is 10.9. The van der Waals surface area contributed by atoms with Gasteiger partial charge in [-0.3, -0.25) is 4.90 Å². The Morgan fingerprint density at radius 1 is 1.14 bits per heavy atom. The second-order valence-electron chi connectivity index (χ2n) is 10.9. The highest BCUT2D eigenvalue weighted by Crippen LogP contribution is 2.26. The largest absolute Gasteiger partial charge is 0.484 e. The predicted octanol–water partition coefficient (Wildman–Crippen LogP) is 4.95. The minimum atomic E-state index is -0.983. The van der Waals surface area contributed by atoms with E-state index in [2.05, 4.69) is 14.5 Å². The Hall–Kier alpha value is -4.79. The number of carboxylic acids is 1. The molecule has 2 aromatic heterocycles. The molecule has 1 N–H and O–H groups in total. The molecule has 11 heteroatoms. The zero-order valence-corrected chi connectivity index (χ0v) is 24.1. The Balaban J connectivity index is 1.06. The van der Waals surface area contributed by atoms with Crippen LogP contribution in [0.5, 0.6) is 11.6 Å². The number of imidazole rings is 1. The van der Waals surface area contributed by atoms with Crippen LogP contribution in [-0.4, -0.2) is 62.4 Å². The van der Waals surface area contributed by atoms with E-state index in [1.165, 1.54) is 12.1 Å². The maximum atomic E-state index is 14.2. The number of ether oxygens (including phenoxy) is 3. The second kappa shape index (κ2) is 13.2. The molecule has 1 atom stereocenters. The molecule has 4 heterocycles. The van der Waals surface area contributed by atoms with E-state index < -0.39 is 11.8 Å². The van der Waals surface area contributed by atoms with Gasteiger partial charge in [0.25, 0.3) is 0 Å². The van der Waals surface area contributed by atoms with Gasteiger partial charge in [-0.05, 0) is 67.3 Å². The Bertz CT molecular complexity index is 1720. The topological polar surface area (TPSA) is 123 Å². The van der Waals surface area contributed by atoms with E-state index in [0.29, 0.717) is 24.7 Å². The van der Waals surface area contributed by atoms with Gasteiger partial charge in [-0.25, -0.2) is 19.2 Å². The molecule has 6 rings (SSSR count). The first-order valence-corrected chi connectivity index (χ1v) is 14.6. The maximum absolute atomic E-state index is 14.2. The number of aromatic nitrogens is 3. The van der Waals surface area contributed by atoms with Crippen molar-refractivity contribution in [3.05, 3.63) is 89.1 Å². The summed E-state index contributed by atoms with van der Waals surface area (Å²) >= 11 is 0. The lowest BCUT2D eigenvalue weighted by Gasteiger charge is -2.32. The molecule has 44 heavy (non-hydrogen) atoms. The van der Waals surface area contributed by atoms with Crippen LogP contribution in [-0.2, 0) is 29.2 Å². The van der Waals surface area contributed by atoms with Crippen molar-refractivity contribution < 1.29 is 28.5 Å². The van der Waals surface area contributed by atoms with Crippen molar-refractivity contribution >= 4 is 23.1 Å². The summed E-state index contributed by atoms with van der Waals surface area (Å²) in [7, 11) is 0. The van der Waals surface area contributed by atoms with Crippen LogP contribution in [0.4, 0.5) is 4.39 Å². The van der Waals surface area contributed by atoms with Crippen molar-refractivity contribution in [3.8, 4) is 17.7 Å². The third-order valence-electron chi connectivity index (χ3n) is 7.85. The molecule has 0 amide bonds. The van der Waals surface area contributed by atoms with Crippen LogP contribution >= 0.6 is 0 Å². The highest BCUT2D eigenvalue weighted by molar-refractivity contribution is 5.87. The smallest absolute Gasteiger partial charge is 0.328 e. The molecule has 10 nitrogen and oxygen atoms in total. The standard InChI is InChI=1S/C33H32FN5O5/c34-27-16-23(18-35)5-8-30(27)43-21-24-2-1-3-32(36-24)44-25-10-13-38(14-11-25)20-31-37-28-7-4-22(6-9-33(40)41)17-29(28)39(31)19-26-12-15-42-26/h1-9,16-17,25-26H,10-15,19-21H2,(H,40,41)/b9-6+/t26-/m0/s1. The summed E-state index contributed by atoms with van der Waals surface area (Å²) in [6.45, 7) is 3.91. The van der Waals surface area contributed by atoms with Crippen molar-refractivity contribution in [1.82, 2.24) is 19.4 Å². The monoisotopic (exact) mass is 597 g/mol. The number of aliphatic carboxylic acids is 1. The van der Waals surface area contributed by atoms with E-state index in [1.807, 2.05) is 36.4 Å². The van der Waals surface area contributed by atoms with Crippen LogP contribution in [0, 0.1) is 17.1 Å². The first kappa shape index (κ1) is 29.3. The Morgan fingerprint density at radius 2 is 1.98 bits per heavy atom. The zero-order valence-electron chi connectivity index (χ0n) is 24.1. The fourth-order valence-corrected chi connectivity index (χ4v) is 5.42. The Morgan fingerprint density at radius 3 is 2.70 bits per heavy atom. The summed E-state index contributed by atoms with van der Waals surface area (Å²) < 4.78 is 33.9. The number of carboxylic acid groups (broad SMARTS) is 1. The van der Waals surface area contributed by atoms with Gasteiger partial charge in [-0.1, -0.05) is 12.1 Å². The zero-order chi connectivity index (χ0) is 30.5.